The first kappa shape index (κ1) is 13.9. The van der Waals surface area contributed by atoms with Gasteiger partial charge in [-0.2, -0.15) is 0 Å². The van der Waals surface area contributed by atoms with E-state index in [9.17, 15) is 4.21 Å². The van der Waals surface area contributed by atoms with Gasteiger partial charge in [0.05, 0.1) is 10.0 Å². The minimum Gasteiger partial charge on any atom is -0.324 e. The van der Waals surface area contributed by atoms with E-state index in [1.54, 1.807) is 12.1 Å². The Morgan fingerprint density at radius 3 is 2.62 bits per heavy atom. The molecule has 2 atom stereocenters. The highest BCUT2D eigenvalue weighted by Gasteiger charge is 2.08. The fourth-order valence-corrected chi connectivity index (χ4v) is 2.06. The highest BCUT2D eigenvalue weighted by Crippen LogP contribution is 2.26. The molecule has 0 fully saturated rings. The summed E-state index contributed by atoms with van der Waals surface area (Å²) in [6, 6.07) is 5.06. The molecule has 0 aliphatic rings. The van der Waals surface area contributed by atoms with Crippen LogP contribution >= 0.6 is 23.2 Å². The molecule has 3 N–H and O–H groups in total. The summed E-state index contributed by atoms with van der Waals surface area (Å²) in [4.78, 5) is 0. The Morgan fingerprint density at radius 1 is 1.38 bits per heavy atom. The van der Waals surface area contributed by atoms with Gasteiger partial charge in [0.1, 0.15) is 0 Å². The van der Waals surface area contributed by atoms with Crippen LogP contribution in [0.4, 0.5) is 0 Å². The van der Waals surface area contributed by atoms with E-state index in [4.69, 9.17) is 33.5 Å². The van der Waals surface area contributed by atoms with Crippen LogP contribution in [0.5, 0.6) is 0 Å². The largest absolute Gasteiger partial charge is 0.324 e. The molecule has 90 valence electrons. The van der Waals surface area contributed by atoms with E-state index in [0.717, 1.165) is 5.56 Å². The summed E-state index contributed by atoms with van der Waals surface area (Å²) < 4.78 is 19.1. The number of halogens is 2. The van der Waals surface area contributed by atoms with Gasteiger partial charge in [0.25, 0.3) is 0 Å². The summed E-state index contributed by atoms with van der Waals surface area (Å²) in [6.45, 7) is 0. The van der Waals surface area contributed by atoms with E-state index in [1.807, 2.05) is 6.07 Å². The first-order valence-corrected chi connectivity index (χ1v) is 6.82. The second-order valence-corrected chi connectivity index (χ2v) is 5.31. The Kier molecular flexibility index (Phi) is 5.72. The van der Waals surface area contributed by atoms with Crippen molar-refractivity contribution in [1.82, 2.24) is 0 Å². The Balaban J connectivity index is 2.55. The van der Waals surface area contributed by atoms with Gasteiger partial charge in [0.15, 0.2) is 11.1 Å². The quantitative estimate of drug-likeness (QED) is 0.816. The molecule has 0 aliphatic carbocycles. The van der Waals surface area contributed by atoms with Gasteiger partial charge in [0.2, 0.25) is 0 Å². The molecule has 3 nitrogen and oxygen atoms in total. The molecule has 1 rings (SSSR count). The summed E-state index contributed by atoms with van der Waals surface area (Å²) in [5.41, 5.74) is 6.81. The average molecular weight is 282 g/mol. The fraction of sp³-hybridized carbons (Fsp3) is 0.400. The van der Waals surface area contributed by atoms with Crippen LogP contribution < -0.4 is 5.73 Å². The van der Waals surface area contributed by atoms with Crippen molar-refractivity contribution in [2.75, 3.05) is 5.75 Å². The van der Waals surface area contributed by atoms with Crippen molar-refractivity contribution in [3.8, 4) is 0 Å². The van der Waals surface area contributed by atoms with E-state index in [-0.39, 0.29) is 11.8 Å². The highest BCUT2D eigenvalue weighted by atomic mass is 35.5. The van der Waals surface area contributed by atoms with Crippen molar-refractivity contribution in [3.63, 3.8) is 0 Å². The molecule has 0 spiro atoms. The van der Waals surface area contributed by atoms with Crippen molar-refractivity contribution in [3.05, 3.63) is 33.8 Å². The third-order valence-corrected chi connectivity index (χ3v) is 3.58. The first-order valence-electron chi connectivity index (χ1n) is 4.78. The van der Waals surface area contributed by atoms with Gasteiger partial charge in [-0.1, -0.05) is 29.3 Å². The van der Waals surface area contributed by atoms with Crippen LogP contribution in [0.25, 0.3) is 0 Å². The molecule has 1 aromatic carbocycles. The third kappa shape index (κ3) is 4.39. The lowest BCUT2D eigenvalue weighted by Gasteiger charge is -2.12. The molecule has 6 heteroatoms. The van der Waals surface area contributed by atoms with Crippen LogP contribution in [0.2, 0.25) is 10.0 Å². The van der Waals surface area contributed by atoms with Crippen molar-refractivity contribution >= 4 is 34.3 Å². The monoisotopic (exact) mass is 281 g/mol. The SMILES string of the molecule is N[C@H](CCCS(=O)O)c1ccc(Cl)c(Cl)c1. The lowest BCUT2D eigenvalue weighted by molar-refractivity contribution is 0.554. The normalized spacial score (nSPS) is 14.8. The van der Waals surface area contributed by atoms with Crippen LogP contribution in [0.1, 0.15) is 24.4 Å². The van der Waals surface area contributed by atoms with Crippen molar-refractivity contribution in [2.45, 2.75) is 18.9 Å². The Hall–Kier alpha value is -0.130. The molecule has 0 radical (unpaired) electrons. The van der Waals surface area contributed by atoms with Gasteiger partial charge in [-0.25, -0.2) is 4.21 Å². The highest BCUT2D eigenvalue weighted by molar-refractivity contribution is 7.79. The first-order chi connectivity index (χ1) is 7.50. The topological polar surface area (TPSA) is 63.3 Å². The van der Waals surface area contributed by atoms with Crippen molar-refractivity contribution in [1.29, 1.82) is 0 Å². The fourth-order valence-electron chi connectivity index (χ4n) is 1.34. The second-order valence-electron chi connectivity index (χ2n) is 3.45. The molecule has 16 heavy (non-hydrogen) atoms. The summed E-state index contributed by atoms with van der Waals surface area (Å²) in [5, 5.41) is 0.967. The minimum atomic E-state index is -1.75. The summed E-state index contributed by atoms with van der Waals surface area (Å²) >= 11 is 9.90. The number of hydrogen-bond donors (Lipinski definition) is 2. The number of rotatable bonds is 5. The zero-order valence-electron chi connectivity index (χ0n) is 8.53. The Morgan fingerprint density at radius 2 is 2.06 bits per heavy atom. The maximum atomic E-state index is 10.4. The lowest BCUT2D eigenvalue weighted by atomic mass is 10.0. The van der Waals surface area contributed by atoms with E-state index < -0.39 is 11.1 Å². The molecule has 1 aromatic rings. The second kappa shape index (κ2) is 6.57. The van der Waals surface area contributed by atoms with Gasteiger partial charge in [-0.3, -0.25) is 0 Å². The molecular formula is C10H13Cl2NO2S. The zero-order valence-corrected chi connectivity index (χ0v) is 10.9. The average Bonchev–Trinajstić information content (AvgIpc) is 2.21. The lowest BCUT2D eigenvalue weighted by Crippen LogP contribution is -2.11. The van der Waals surface area contributed by atoms with Crippen LogP contribution in [0, 0.1) is 0 Å². The van der Waals surface area contributed by atoms with Crippen molar-refractivity contribution in [2.24, 2.45) is 5.73 Å². The standard InChI is InChI=1S/C10H13Cl2NO2S/c11-8-4-3-7(6-9(8)12)10(13)2-1-5-16(14)15/h3-4,6,10H,1-2,5,13H2,(H,14,15)/t10-/m1/s1. The van der Waals surface area contributed by atoms with Gasteiger partial charge >= 0.3 is 0 Å². The van der Waals surface area contributed by atoms with E-state index in [2.05, 4.69) is 0 Å². The number of benzene rings is 1. The van der Waals surface area contributed by atoms with Crippen LogP contribution in [-0.2, 0) is 11.1 Å². The molecule has 0 bridgehead atoms. The molecule has 1 unspecified atom stereocenters. The molecule has 0 amide bonds. The van der Waals surface area contributed by atoms with Gasteiger partial charge in [-0.15, -0.1) is 0 Å². The predicted molar refractivity (Wildman–Crippen MR) is 68.3 cm³/mol. The molecule has 0 aliphatic heterocycles. The van der Waals surface area contributed by atoms with E-state index in [0.29, 0.717) is 22.9 Å². The van der Waals surface area contributed by atoms with Crippen LogP contribution in [0.15, 0.2) is 18.2 Å². The maximum Gasteiger partial charge on any atom is 0.152 e. The number of hydrogen-bond acceptors (Lipinski definition) is 2. The van der Waals surface area contributed by atoms with Gasteiger partial charge < -0.3 is 10.3 Å². The summed E-state index contributed by atoms with van der Waals surface area (Å²) in [6.07, 6.45) is 1.24. The molecule has 0 aromatic heterocycles. The minimum absolute atomic E-state index is 0.182. The van der Waals surface area contributed by atoms with Gasteiger partial charge in [-0.05, 0) is 30.5 Å². The van der Waals surface area contributed by atoms with Crippen LogP contribution in [-0.4, -0.2) is 14.5 Å². The Bertz CT molecular complexity index is 387. The van der Waals surface area contributed by atoms with Gasteiger partial charge in [0, 0.05) is 11.8 Å². The molecule has 0 saturated carbocycles. The summed E-state index contributed by atoms with van der Waals surface area (Å²) in [5.74, 6) is 0.245. The molecule has 0 heterocycles. The van der Waals surface area contributed by atoms with Crippen molar-refractivity contribution < 1.29 is 8.76 Å². The number of nitrogens with two attached hydrogens (primary N) is 1. The smallest absolute Gasteiger partial charge is 0.152 e. The Labute approximate surface area is 107 Å². The molecule has 0 saturated heterocycles. The van der Waals surface area contributed by atoms with E-state index in [1.165, 1.54) is 0 Å². The maximum absolute atomic E-state index is 10.4. The summed E-state index contributed by atoms with van der Waals surface area (Å²) in [7, 11) is 0. The van der Waals surface area contributed by atoms with Crippen LogP contribution in [0.3, 0.4) is 0 Å². The third-order valence-electron chi connectivity index (χ3n) is 2.21. The zero-order chi connectivity index (χ0) is 12.1. The predicted octanol–water partition coefficient (Wildman–Crippen LogP) is 3.00. The van der Waals surface area contributed by atoms with E-state index >= 15 is 0 Å². The molecular weight excluding hydrogens is 269 g/mol.